The summed E-state index contributed by atoms with van der Waals surface area (Å²) >= 11 is 1.72. The number of ether oxygens (including phenoxy) is 3. The highest BCUT2D eigenvalue weighted by atomic mass is 32.1. The smallest absolute Gasteiger partial charge is 0.407 e. The van der Waals surface area contributed by atoms with Crippen LogP contribution < -0.4 is 10.1 Å². The number of nitrogens with one attached hydrogen (secondary N) is 1. The van der Waals surface area contributed by atoms with E-state index in [1.54, 1.807) is 17.7 Å². The predicted molar refractivity (Wildman–Crippen MR) is 155 cm³/mol. The summed E-state index contributed by atoms with van der Waals surface area (Å²) in [5, 5.41) is 3.40. The molecule has 1 N–H and O–H groups in total. The van der Waals surface area contributed by atoms with Gasteiger partial charge in [0.05, 0.1) is 18.4 Å². The summed E-state index contributed by atoms with van der Waals surface area (Å²) in [5.41, 5.74) is 0.847. The quantitative estimate of drug-likeness (QED) is 0.382. The summed E-state index contributed by atoms with van der Waals surface area (Å²) < 4.78 is 16.3. The van der Waals surface area contributed by atoms with Gasteiger partial charge in [-0.05, 0) is 77.7 Å². The largest absolute Gasteiger partial charge is 0.474 e. The van der Waals surface area contributed by atoms with Gasteiger partial charge in [0.2, 0.25) is 5.88 Å². The number of alkyl carbamates (subject to hydrolysis) is 1. The molecule has 2 heterocycles. The third-order valence-corrected chi connectivity index (χ3v) is 7.02. The minimum atomic E-state index is -0.389. The lowest BCUT2D eigenvalue weighted by Crippen LogP contribution is -2.30. The maximum Gasteiger partial charge on any atom is 0.407 e. The first kappa shape index (κ1) is 33.6. The Morgan fingerprint density at radius 1 is 1.05 bits per heavy atom. The number of hydrogen-bond donors (Lipinski definition) is 1. The van der Waals surface area contributed by atoms with Crippen LogP contribution in [0, 0.1) is 0 Å². The van der Waals surface area contributed by atoms with Crippen LogP contribution >= 0.6 is 11.3 Å². The summed E-state index contributed by atoms with van der Waals surface area (Å²) in [6.07, 6.45) is 9.87. The van der Waals surface area contributed by atoms with E-state index in [2.05, 4.69) is 15.3 Å². The van der Waals surface area contributed by atoms with E-state index in [0.717, 1.165) is 35.9 Å². The van der Waals surface area contributed by atoms with Crippen molar-refractivity contribution in [2.45, 2.75) is 124 Å². The number of nitrogens with zero attached hydrogens (tertiary/aromatic N) is 2. The third-order valence-electron chi connectivity index (χ3n) is 5.85. The van der Waals surface area contributed by atoms with Crippen LogP contribution in [0.5, 0.6) is 5.88 Å². The van der Waals surface area contributed by atoms with Crippen LogP contribution in [0.2, 0.25) is 0 Å². The van der Waals surface area contributed by atoms with Crippen molar-refractivity contribution in [3.63, 3.8) is 0 Å². The van der Waals surface area contributed by atoms with Gasteiger partial charge < -0.3 is 19.5 Å². The second kappa shape index (κ2) is 17.2. The number of aromatic nitrogens is 2. The number of rotatable bonds is 5. The van der Waals surface area contributed by atoms with Crippen LogP contribution in [-0.4, -0.2) is 47.4 Å². The Balaban J connectivity index is 0.000000472. The number of carbonyl (C=O) groups is 2. The van der Waals surface area contributed by atoms with Crippen LogP contribution in [-0.2, 0) is 20.7 Å². The van der Waals surface area contributed by atoms with E-state index >= 15 is 0 Å². The minimum Gasteiger partial charge on any atom is -0.474 e. The van der Waals surface area contributed by atoms with Gasteiger partial charge in [-0.25, -0.2) is 14.8 Å². The second-order valence-corrected chi connectivity index (χ2v) is 10.8. The molecule has 1 saturated carbocycles. The van der Waals surface area contributed by atoms with E-state index in [1.165, 1.54) is 36.8 Å². The van der Waals surface area contributed by atoms with Gasteiger partial charge in [0.15, 0.2) is 0 Å². The Morgan fingerprint density at radius 3 is 2.26 bits per heavy atom. The van der Waals surface area contributed by atoms with Crippen molar-refractivity contribution in [1.29, 1.82) is 0 Å². The molecule has 4 rings (SSSR count). The van der Waals surface area contributed by atoms with Crippen molar-refractivity contribution in [2.24, 2.45) is 0 Å². The van der Waals surface area contributed by atoms with Crippen molar-refractivity contribution < 1.29 is 23.8 Å². The van der Waals surface area contributed by atoms with E-state index in [4.69, 9.17) is 14.2 Å². The monoisotopic (exact) mass is 551 g/mol. The van der Waals surface area contributed by atoms with Gasteiger partial charge in [0.25, 0.3) is 0 Å². The molecule has 2 aliphatic rings. The van der Waals surface area contributed by atoms with Crippen molar-refractivity contribution in [1.82, 2.24) is 15.3 Å². The van der Waals surface area contributed by atoms with Gasteiger partial charge in [0.1, 0.15) is 22.9 Å². The molecule has 0 radical (unpaired) electrons. The standard InChI is InChI=1S/C19H24N2O3S.C6H13NO2.2C2H6/c1-2-23-15(22)10-12-8-9-14-16(12)17-18(20-11-21-19(17)25-14)24-13-6-4-3-5-7-13;1-6(2,3)9-5(8)7-4;2*1-2/h11-13H,2-10H2,1H3;1-4H3,(H,7,8);2*1-2H3. The fraction of sp³-hybridized carbons (Fsp3) is 0.724. The molecule has 1 amide bonds. The summed E-state index contributed by atoms with van der Waals surface area (Å²) in [5.74, 6) is 0.791. The van der Waals surface area contributed by atoms with Crippen molar-refractivity contribution in [2.75, 3.05) is 13.7 Å². The topological polar surface area (TPSA) is 99.6 Å². The molecule has 216 valence electrons. The Morgan fingerprint density at radius 2 is 1.71 bits per heavy atom. The highest BCUT2D eigenvalue weighted by Gasteiger charge is 2.32. The van der Waals surface area contributed by atoms with E-state index in [1.807, 2.05) is 55.4 Å². The summed E-state index contributed by atoms with van der Waals surface area (Å²) in [4.78, 5) is 33.7. The zero-order chi connectivity index (χ0) is 28.7. The van der Waals surface area contributed by atoms with Gasteiger partial charge >= 0.3 is 12.1 Å². The molecule has 0 aromatic carbocycles. The van der Waals surface area contributed by atoms with Gasteiger partial charge in [-0.3, -0.25) is 4.79 Å². The number of thiophene rings is 1. The number of aryl methyl sites for hydroxylation is 1. The highest BCUT2D eigenvalue weighted by molar-refractivity contribution is 7.19. The number of fused-ring (bicyclic) bond motifs is 3. The van der Waals surface area contributed by atoms with Crippen LogP contribution in [0.3, 0.4) is 0 Å². The maximum absolute atomic E-state index is 12.0. The Labute approximate surface area is 233 Å². The zero-order valence-electron chi connectivity index (χ0n) is 24.9. The first-order chi connectivity index (χ1) is 18.2. The number of carbonyl (C=O) groups excluding carboxylic acids is 2. The molecule has 2 aliphatic carbocycles. The van der Waals surface area contributed by atoms with Crippen molar-refractivity contribution in [3.05, 3.63) is 16.8 Å². The molecule has 9 heteroatoms. The first-order valence-electron chi connectivity index (χ1n) is 14.2. The Kier molecular flexibility index (Phi) is 15.2. The van der Waals surface area contributed by atoms with Gasteiger partial charge in [-0.1, -0.05) is 34.1 Å². The van der Waals surface area contributed by atoms with Crippen LogP contribution in [0.1, 0.15) is 117 Å². The van der Waals surface area contributed by atoms with Crippen LogP contribution in [0.25, 0.3) is 10.2 Å². The lowest BCUT2D eigenvalue weighted by atomic mass is 9.97. The first-order valence-corrected chi connectivity index (χ1v) is 15.0. The minimum absolute atomic E-state index is 0.119. The molecule has 1 fully saturated rings. The predicted octanol–water partition coefficient (Wildman–Crippen LogP) is 7.58. The van der Waals surface area contributed by atoms with Crippen molar-refractivity contribution in [3.8, 4) is 5.88 Å². The molecule has 0 saturated heterocycles. The average Bonchev–Trinajstić information content (AvgIpc) is 3.46. The van der Waals surface area contributed by atoms with E-state index < -0.39 is 0 Å². The summed E-state index contributed by atoms with van der Waals surface area (Å²) in [7, 11) is 1.54. The molecular weight excluding hydrogens is 502 g/mol. The maximum atomic E-state index is 12.0. The Hall–Kier alpha value is -2.42. The fourth-order valence-electron chi connectivity index (χ4n) is 4.42. The molecule has 38 heavy (non-hydrogen) atoms. The molecular formula is C29H49N3O5S. The molecule has 0 bridgehead atoms. The van der Waals surface area contributed by atoms with E-state index in [9.17, 15) is 9.59 Å². The lowest BCUT2D eigenvalue weighted by Gasteiger charge is -2.23. The Bertz CT molecular complexity index is 980. The molecule has 2 aromatic rings. The number of hydrogen-bond acceptors (Lipinski definition) is 8. The third kappa shape index (κ3) is 10.4. The van der Waals surface area contributed by atoms with E-state index in [0.29, 0.717) is 18.9 Å². The summed E-state index contributed by atoms with van der Waals surface area (Å²) in [6.45, 7) is 15.7. The number of amides is 1. The number of esters is 1. The molecule has 1 atom stereocenters. The zero-order valence-corrected chi connectivity index (χ0v) is 25.8. The molecule has 0 spiro atoms. The van der Waals surface area contributed by atoms with Crippen LogP contribution in [0.4, 0.5) is 4.79 Å². The van der Waals surface area contributed by atoms with Gasteiger partial charge in [-0.15, -0.1) is 11.3 Å². The molecule has 8 nitrogen and oxygen atoms in total. The fourth-order valence-corrected chi connectivity index (χ4v) is 5.66. The van der Waals surface area contributed by atoms with Crippen molar-refractivity contribution >= 4 is 33.6 Å². The SMILES string of the molecule is CC.CC.CCOC(=O)CC1CCc2sc3ncnc(OC4CCCCC4)c3c21.CNC(=O)OC(C)(C)C. The molecule has 2 aromatic heterocycles. The average molecular weight is 552 g/mol. The highest BCUT2D eigenvalue weighted by Crippen LogP contribution is 2.47. The van der Waals surface area contributed by atoms with Gasteiger partial charge in [-0.2, -0.15) is 0 Å². The molecule has 1 unspecified atom stereocenters. The normalized spacial score (nSPS) is 16.4. The molecule has 0 aliphatic heterocycles. The van der Waals surface area contributed by atoms with E-state index in [-0.39, 0.29) is 29.7 Å². The lowest BCUT2D eigenvalue weighted by molar-refractivity contribution is -0.143. The second-order valence-electron chi connectivity index (χ2n) is 9.67. The van der Waals surface area contributed by atoms with Crippen LogP contribution in [0.15, 0.2) is 6.33 Å². The van der Waals surface area contributed by atoms with Gasteiger partial charge in [0, 0.05) is 11.9 Å². The summed E-state index contributed by atoms with van der Waals surface area (Å²) in [6, 6.07) is 0.